The number of carbonyl (C=O) groups excluding carboxylic acids is 3. The molecule has 1 aliphatic rings. The molecule has 2 aromatic rings. The van der Waals surface area contributed by atoms with Crippen LogP contribution in [0.2, 0.25) is 0 Å². The average Bonchev–Trinajstić information content (AvgIpc) is 3.30. The molecule has 2 heterocycles. The fraction of sp³-hybridized carbons (Fsp3) is 0.316. The first-order valence-corrected chi connectivity index (χ1v) is 9.37. The molecule has 1 saturated heterocycles. The summed E-state index contributed by atoms with van der Waals surface area (Å²) in [5.74, 6) is -0.881. The van der Waals surface area contributed by atoms with Gasteiger partial charge < -0.3 is 4.90 Å². The highest BCUT2D eigenvalue weighted by Crippen LogP contribution is 2.22. The molecule has 0 radical (unpaired) electrons. The maximum Gasteiger partial charge on any atom is 0.269 e. The number of aryl methyl sites for hydroxylation is 2. The fourth-order valence-electron chi connectivity index (χ4n) is 3.16. The molecule has 7 heteroatoms. The molecule has 2 N–H and O–H groups in total. The first-order chi connectivity index (χ1) is 12.5. The number of nitrogens with zero attached hydrogens (tertiary/aromatic N) is 1. The van der Waals surface area contributed by atoms with E-state index in [-0.39, 0.29) is 17.7 Å². The van der Waals surface area contributed by atoms with Gasteiger partial charge in [0.2, 0.25) is 0 Å². The lowest BCUT2D eigenvalue weighted by molar-refractivity contribution is -0.125. The molecule has 136 valence electrons. The minimum absolute atomic E-state index is 0.140. The van der Waals surface area contributed by atoms with Crippen LogP contribution in [0.15, 0.2) is 35.7 Å². The van der Waals surface area contributed by atoms with Crippen LogP contribution in [0, 0.1) is 13.8 Å². The minimum Gasteiger partial charge on any atom is -0.326 e. The molecular weight excluding hydrogens is 350 g/mol. The number of hydrazine groups is 1. The Kier molecular flexibility index (Phi) is 5.37. The van der Waals surface area contributed by atoms with Crippen molar-refractivity contribution in [3.05, 3.63) is 57.3 Å². The Morgan fingerprint density at radius 2 is 1.96 bits per heavy atom. The van der Waals surface area contributed by atoms with Gasteiger partial charge in [0.15, 0.2) is 0 Å². The Balaban J connectivity index is 1.62. The molecule has 0 saturated carbocycles. The summed E-state index contributed by atoms with van der Waals surface area (Å²) in [6.45, 7) is 4.34. The van der Waals surface area contributed by atoms with E-state index in [1.807, 2.05) is 37.4 Å². The molecule has 1 aromatic carbocycles. The molecule has 1 fully saturated rings. The van der Waals surface area contributed by atoms with Crippen LogP contribution < -0.4 is 10.9 Å². The number of thiophene rings is 1. The monoisotopic (exact) mass is 371 g/mol. The molecule has 3 rings (SSSR count). The summed E-state index contributed by atoms with van der Waals surface area (Å²) in [6.07, 6.45) is 1.35. The van der Waals surface area contributed by atoms with Crippen molar-refractivity contribution in [1.29, 1.82) is 0 Å². The third kappa shape index (κ3) is 3.77. The summed E-state index contributed by atoms with van der Waals surface area (Å²) in [4.78, 5) is 39.5. The van der Waals surface area contributed by atoms with Crippen molar-refractivity contribution in [2.24, 2.45) is 0 Å². The smallest absolute Gasteiger partial charge is 0.269 e. The van der Waals surface area contributed by atoms with Gasteiger partial charge in [-0.05, 0) is 49.8 Å². The number of benzene rings is 1. The van der Waals surface area contributed by atoms with Crippen LogP contribution in [0.1, 0.15) is 44.0 Å². The van der Waals surface area contributed by atoms with Gasteiger partial charge in [-0.15, -0.1) is 11.3 Å². The van der Waals surface area contributed by atoms with Crippen LogP contribution >= 0.6 is 11.3 Å². The first kappa shape index (κ1) is 18.1. The second-order valence-electron chi connectivity index (χ2n) is 6.40. The van der Waals surface area contributed by atoms with Crippen molar-refractivity contribution < 1.29 is 14.4 Å². The number of carbonyl (C=O) groups is 3. The molecule has 0 spiro atoms. The highest BCUT2D eigenvalue weighted by molar-refractivity contribution is 7.12. The van der Waals surface area contributed by atoms with Crippen LogP contribution in [0.5, 0.6) is 0 Å². The second kappa shape index (κ2) is 7.70. The van der Waals surface area contributed by atoms with E-state index < -0.39 is 6.04 Å². The highest BCUT2D eigenvalue weighted by Gasteiger charge is 2.35. The maximum absolute atomic E-state index is 12.5. The quantitative estimate of drug-likeness (QED) is 0.814. The van der Waals surface area contributed by atoms with Gasteiger partial charge in [-0.1, -0.05) is 23.8 Å². The zero-order valence-electron chi connectivity index (χ0n) is 14.7. The van der Waals surface area contributed by atoms with Crippen LogP contribution in [0.4, 0.5) is 0 Å². The molecule has 1 aliphatic heterocycles. The Bertz CT molecular complexity index is 833. The topological polar surface area (TPSA) is 78.5 Å². The summed E-state index contributed by atoms with van der Waals surface area (Å²) in [6, 6.07) is 8.49. The number of hydrogen-bond donors (Lipinski definition) is 2. The van der Waals surface area contributed by atoms with E-state index in [2.05, 4.69) is 10.9 Å². The van der Waals surface area contributed by atoms with E-state index in [4.69, 9.17) is 0 Å². The predicted molar refractivity (Wildman–Crippen MR) is 99.9 cm³/mol. The molecule has 1 atom stereocenters. The normalized spacial score (nSPS) is 16.4. The lowest BCUT2D eigenvalue weighted by Gasteiger charge is -2.23. The van der Waals surface area contributed by atoms with Gasteiger partial charge in [-0.2, -0.15) is 0 Å². The largest absolute Gasteiger partial charge is 0.326 e. The van der Waals surface area contributed by atoms with Crippen molar-refractivity contribution in [3.63, 3.8) is 0 Å². The maximum atomic E-state index is 12.5. The Labute approximate surface area is 156 Å². The number of amides is 3. The Morgan fingerprint density at radius 1 is 1.15 bits per heavy atom. The molecular formula is C19H21N3O3S. The van der Waals surface area contributed by atoms with Crippen molar-refractivity contribution in [3.8, 4) is 0 Å². The third-order valence-corrected chi connectivity index (χ3v) is 5.33. The van der Waals surface area contributed by atoms with E-state index in [1.165, 1.54) is 11.3 Å². The molecule has 0 aliphatic carbocycles. The lowest BCUT2D eigenvalue weighted by Crippen LogP contribution is -2.51. The van der Waals surface area contributed by atoms with Crippen LogP contribution in [0.25, 0.3) is 0 Å². The summed E-state index contributed by atoms with van der Waals surface area (Å²) in [7, 11) is 0. The van der Waals surface area contributed by atoms with Crippen molar-refractivity contribution in [2.75, 3.05) is 6.54 Å². The van der Waals surface area contributed by atoms with Crippen LogP contribution in [0.3, 0.4) is 0 Å². The highest BCUT2D eigenvalue weighted by atomic mass is 32.1. The van der Waals surface area contributed by atoms with E-state index in [1.54, 1.807) is 17.0 Å². The minimum atomic E-state index is -0.566. The predicted octanol–water partition coefficient (Wildman–Crippen LogP) is 2.43. The Hall–Kier alpha value is -2.67. The van der Waals surface area contributed by atoms with Gasteiger partial charge in [-0.25, -0.2) is 0 Å². The third-order valence-electron chi connectivity index (χ3n) is 4.47. The summed E-state index contributed by atoms with van der Waals surface area (Å²) >= 11 is 1.36. The zero-order chi connectivity index (χ0) is 18.7. The van der Waals surface area contributed by atoms with Gasteiger partial charge >= 0.3 is 0 Å². The Morgan fingerprint density at radius 3 is 2.65 bits per heavy atom. The number of nitrogens with one attached hydrogen (secondary N) is 2. The van der Waals surface area contributed by atoms with Crippen molar-refractivity contribution in [2.45, 2.75) is 32.7 Å². The van der Waals surface area contributed by atoms with E-state index >= 15 is 0 Å². The van der Waals surface area contributed by atoms with Gasteiger partial charge in [0.1, 0.15) is 6.04 Å². The zero-order valence-corrected chi connectivity index (χ0v) is 15.6. The molecule has 0 unspecified atom stereocenters. The average molecular weight is 371 g/mol. The van der Waals surface area contributed by atoms with E-state index in [9.17, 15) is 14.4 Å². The van der Waals surface area contributed by atoms with Gasteiger partial charge in [0, 0.05) is 12.1 Å². The summed E-state index contributed by atoms with van der Waals surface area (Å²) < 4.78 is 0. The number of rotatable bonds is 3. The van der Waals surface area contributed by atoms with Crippen LogP contribution in [-0.2, 0) is 4.79 Å². The van der Waals surface area contributed by atoms with Gasteiger partial charge in [0.25, 0.3) is 17.7 Å². The molecule has 26 heavy (non-hydrogen) atoms. The van der Waals surface area contributed by atoms with E-state index in [0.717, 1.165) is 17.5 Å². The summed E-state index contributed by atoms with van der Waals surface area (Å²) in [5, 5.41) is 1.84. The fourth-order valence-corrected chi connectivity index (χ4v) is 3.84. The lowest BCUT2D eigenvalue weighted by atomic mass is 10.1. The van der Waals surface area contributed by atoms with Crippen LogP contribution in [-0.4, -0.2) is 35.2 Å². The molecule has 6 nitrogen and oxygen atoms in total. The SMILES string of the molecule is Cc1ccc(C(=O)NNC(=O)[C@@H]2CCCN2C(=O)c2cccs2)c(C)c1. The van der Waals surface area contributed by atoms with Gasteiger partial charge in [0.05, 0.1) is 4.88 Å². The molecule has 1 aromatic heterocycles. The number of hydrogen-bond acceptors (Lipinski definition) is 4. The van der Waals surface area contributed by atoms with E-state index in [0.29, 0.717) is 23.4 Å². The molecule has 0 bridgehead atoms. The molecule has 3 amide bonds. The standard InChI is InChI=1S/C19H21N3O3S/c1-12-7-8-14(13(2)11-12)17(23)20-21-18(24)15-5-3-9-22(15)19(25)16-6-4-10-26-16/h4,6-8,10-11,15H,3,5,9H2,1-2H3,(H,20,23)(H,21,24)/t15-/m0/s1. The first-order valence-electron chi connectivity index (χ1n) is 8.49. The van der Waals surface area contributed by atoms with Crippen molar-refractivity contribution in [1.82, 2.24) is 15.8 Å². The van der Waals surface area contributed by atoms with Gasteiger partial charge in [-0.3, -0.25) is 25.2 Å². The second-order valence-corrected chi connectivity index (χ2v) is 7.34. The number of likely N-dealkylation sites (tertiary alicyclic amines) is 1. The summed E-state index contributed by atoms with van der Waals surface area (Å²) in [5.41, 5.74) is 7.34. The van der Waals surface area contributed by atoms with Crippen molar-refractivity contribution >= 4 is 29.1 Å².